The Hall–Kier alpha value is -0.550. The Morgan fingerprint density at radius 2 is 2.25 bits per heavy atom. The zero-order valence-electron chi connectivity index (χ0n) is 9.55. The van der Waals surface area contributed by atoms with E-state index in [1.165, 1.54) is 0 Å². The van der Waals surface area contributed by atoms with Gasteiger partial charge in [0.25, 0.3) is 0 Å². The van der Waals surface area contributed by atoms with E-state index in [0.29, 0.717) is 5.22 Å². The van der Waals surface area contributed by atoms with E-state index in [0.717, 1.165) is 50.6 Å². The van der Waals surface area contributed by atoms with Crippen molar-refractivity contribution in [2.75, 3.05) is 33.2 Å². The first-order chi connectivity index (χ1) is 7.79. The second-order valence-electron chi connectivity index (χ2n) is 4.07. The summed E-state index contributed by atoms with van der Waals surface area (Å²) in [5.74, 6) is 0.901. The quantitative estimate of drug-likeness (QED) is 0.830. The number of hydrogen-bond acceptors (Lipinski definition) is 4. The van der Waals surface area contributed by atoms with Crippen molar-refractivity contribution in [3.05, 3.63) is 22.6 Å². The summed E-state index contributed by atoms with van der Waals surface area (Å²) in [4.78, 5) is 2.39. The topological polar surface area (TPSA) is 40.4 Å². The van der Waals surface area contributed by atoms with Crippen LogP contribution in [0.3, 0.4) is 0 Å². The number of nitrogens with one attached hydrogen (secondary N) is 2. The summed E-state index contributed by atoms with van der Waals surface area (Å²) >= 11 is 6.06. The third-order valence-electron chi connectivity index (χ3n) is 2.76. The van der Waals surface area contributed by atoms with Crippen LogP contribution in [-0.4, -0.2) is 38.1 Å². The average Bonchev–Trinajstić information content (AvgIpc) is 2.61. The smallest absolute Gasteiger partial charge is 0.197 e. The molecule has 0 aromatic carbocycles. The van der Waals surface area contributed by atoms with Crippen molar-refractivity contribution >= 4 is 11.6 Å². The summed E-state index contributed by atoms with van der Waals surface area (Å²) in [6, 6.07) is 2.04. The predicted octanol–water partition coefficient (Wildman–Crippen LogP) is 1.06. The molecule has 1 aliphatic heterocycles. The van der Waals surface area contributed by atoms with Gasteiger partial charge in [-0.05, 0) is 24.7 Å². The molecule has 1 saturated heterocycles. The molecule has 2 heterocycles. The summed E-state index contributed by atoms with van der Waals surface area (Å²) in [6.45, 7) is 5.86. The summed E-state index contributed by atoms with van der Waals surface area (Å²) in [6.07, 6.45) is 0. The third-order valence-corrected chi connectivity index (χ3v) is 3.08. The van der Waals surface area contributed by atoms with E-state index in [9.17, 15) is 0 Å². The maximum Gasteiger partial charge on any atom is 0.197 e. The molecule has 1 aromatic heterocycles. The first kappa shape index (κ1) is 11.9. The van der Waals surface area contributed by atoms with Gasteiger partial charge in [0.1, 0.15) is 5.76 Å². The minimum absolute atomic E-state index is 0.531. The zero-order valence-corrected chi connectivity index (χ0v) is 10.3. The van der Waals surface area contributed by atoms with Crippen molar-refractivity contribution < 1.29 is 4.42 Å². The molecule has 2 rings (SSSR count). The zero-order chi connectivity index (χ0) is 11.4. The van der Waals surface area contributed by atoms with Crippen LogP contribution in [0, 0.1) is 0 Å². The SMILES string of the molecule is CNCc1cc(CN2CCNCC2)c(Cl)o1. The van der Waals surface area contributed by atoms with Gasteiger partial charge < -0.3 is 15.1 Å². The molecular weight excluding hydrogens is 226 g/mol. The molecule has 0 aliphatic carbocycles. The number of hydrogen-bond donors (Lipinski definition) is 2. The number of piperazine rings is 1. The lowest BCUT2D eigenvalue weighted by Crippen LogP contribution is -2.42. The van der Waals surface area contributed by atoms with Crippen molar-refractivity contribution in [3.63, 3.8) is 0 Å². The predicted molar refractivity (Wildman–Crippen MR) is 64.6 cm³/mol. The Morgan fingerprint density at radius 3 is 2.94 bits per heavy atom. The monoisotopic (exact) mass is 243 g/mol. The molecule has 0 spiro atoms. The minimum atomic E-state index is 0.531. The Kier molecular flexibility index (Phi) is 4.23. The average molecular weight is 244 g/mol. The number of furan rings is 1. The van der Waals surface area contributed by atoms with Crippen molar-refractivity contribution in [3.8, 4) is 0 Å². The van der Waals surface area contributed by atoms with Crippen LogP contribution in [0.15, 0.2) is 10.5 Å². The first-order valence-electron chi connectivity index (χ1n) is 5.64. The lowest BCUT2D eigenvalue weighted by molar-refractivity contribution is 0.232. The Balaban J connectivity index is 1.96. The lowest BCUT2D eigenvalue weighted by atomic mass is 10.2. The van der Waals surface area contributed by atoms with Gasteiger partial charge in [0.2, 0.25) is 0 Å². The molecule has 1 aromatic rings. The van der Waals surface area contributed by atoms with Crippen LogP contribution in [0.5, 0.6) is 0 Å². The molecular formula is C11H18ClN3O. The molecule has 0 radical (unpaired) electrons. The van der Waals surface area contributed by atoms with Crippen molar-refractivity contribution in [1.82, 2.24) is 15.5 Å². The van der Waals surface area contributed by atoms with Crippen molar-refractivity contribution in [2.45, 2.75) is 13.1 Å². The van der Waals surface area contributed by atoms with E-state index in [2.05, 4.69) is 15.5 Å². The molecule has 0 saturated carbocycles. The summed E-state index contributed by atoms with van der Waals surface area (Å²) in [7, 11) is 1.90. The fraction of sp³-hybridized carbons (Fsp3) is 0.636. The summed E-state index contributed by atoms with van der Waals surface area (Å²) in [5.41, 5.74) is 1.09. The van der Waals surface area contributed by atoms with Crippen LogP contribution in [0.4, 0.5) is 0 Å². The van der Waals surface area contributed by atoms with E-state index in [4.69, 9.17) is 16.0 Å². The standard InChI is InChI=1S/C11H18ClN3O/c1-13-7-10-6-9(11(12)16-10)8-15-4-2-14-3-5-15/h6,13-14H,2-5,7-8H2,1H3. The summed E-state index contributed by atoms with van der Waals surface area (Å²) in [5, 5.41) is 6.92. The Bertz CT molecular complexity index is 334. The van der Waals surface area contributed by atoms with Crippen LogP contribution in [-0.2, 0) is 13.1 Å². The van der Waals surface area contributed by atoms with Gasteiger partial charge in [-0.15, -0.1) is 0 Å². The molecule has 0 bridgehead atoms. The molecule has 0 atom stereocenters. The molecule has 90 valence electrons. The van der Waals surface area contributed by atoms with E-state index in [-0.39, 0.29) is 0 Å². The van der Waals surface area contributed by atoms with Crippen LogP contribution in [0.1, 0.15) is 11.3 Å². The van der Waals surface area contributed by atoms with Gasteiger partial charge >= 0.3 is 0 Å². The van der Waals surface area contributed by atoms with E-state index in [1.54, 1.807) is 0 Å². The molecule has 4 nitrogen and oxygen atoms in total. The van der Waals surface area contributed by atoms with Gasteiger partial charge in [-0.2, -0.15) is 0 Å². The molecule has 5 heteroatoms. The highest BCUT2D eigenvalue weighted by Gasteiger charge is 2.14. The minimum Gasteiger partial charge on any atom is -0.448 e. The Labute approximate surface area is 101 Å². The maximum atomic E-state index is 6.06. The number of rotatable bonds is 4. The van der Waals surface area contributed by atoms with Gasteiger partial charge in [0.15, 0.2) is 5.22 Å². The van der Waals surface area contributed by atoms with Gasteiger partial charge in [-0.25, -0.2) is 0 Å². The van der Waals surface area contributed by atoms with Crippen LogP contribution >= 0.6 is 11.6 Å². The molecule has 2 N–H and O–H groups in total. The molecule has 16 heavy (non-hydrogen) atoms. The van der Waals surface area contributed by atoms with Crippen LogP contribution in [0.2, 0.25) is 5.22 Å². The molecule has 1 aliphatic rings. The fourth-order valence-corrected chi connectivity index (χ4v) is 2.15. The molecule has 1 fully saturated rings. The van der Waals surface area contributed by atoms with Crippen molar-refractivity contribution in [2.24, 2.45) is 0 Å². The third kappa shape index (κ3) is 2.98. The lowest BCUT2D eigenvalue weighted by Gasteiger charge is -2.26. The number of nitrogens with zero attached hydrogens (tertiary/aromatic N) is 1. The maximum absolute atomic E-state index is 6.06. The number of halogens is 1. The first-order valence-corrected chi connectivity index (χ1v) is 6.02. The largest absolute Gasteiger partial charge is 0.448 e. The highest BCUT2D eigenvalue weighted by molar-refractivity contribution is 6.29. The van der Waals surface area contributed by atoms with E-state index >= 15 is 0 Å². The van der Waals surface area contributed by atoms with Crippen LogP contribution in [0.25, 0.3) is 0 Å². The highest BCUT2D eigenvalue weighted by Crippen LogP contribution is 2.22. The summed E-state index contributed by atoms with van der Waals surface area (Å²) < 4.78 is 5.46. The van der Waals surface area contributed by atoms with Gasteiger partial charge in [-0.1, -0.05) is 0 Å². The molecule has 0 unspecified atom stereocenters. The Morgan fingerprint density at radius 1 is 1.50 bits per heavy atom. The van der Waals surface area contributed by atoms with E-state index < -0.39 is 0 Å². The molecule has 0 amide bonds. The second-order valence-corrected chi connectivity index (χ2v) is 4.41. The van der Waals surface area contributed by atoms with Gasteiger partial charge in [-0.3, -0.25) is 4.90 Å². The van der Waals surface area contributed by atoms with Crippen molar-refractivity contribution in [1.29, 1.82) is 0 Å². The normalized spacial score (nSPS) is 17.9. The van der Waals surface area contributed by atoms with E-state index in [1.807, 2.05) is 13.1 Å². The second kappa shape index (κ2) is 5.68. The fourth-order valence-electron chi connectivity index (χ4n) is 1.94. The highest BCUT2D eigenvalue weighted by atomic mass is 35.5. The van der Waals surface area contributed by atoms with Gasteiger partial charge in [0.05, 0.1) is 6.54 Å². The van der Waals surface area contributed by atoms with Gasteiger partial charge in [0, 0.05) is 38.3 Å². The van der Waals surface area contributed by atoms with Crippen LogP contribution < -0.4 is 10.6 Å².